The van der Waals surface area contributed by atoms with Gasteiger partial charge in [-0.15, -0.1) is 11.3 Å². The van der Waals surface area contributed by atoms with Gasteiger partial charge in [0.1, 0.15) is 5.84 Å². The van der Waals surface area contributed by atoms with Crippen LogP contribution in [0.3, 0.4) is 0 Å². The van der Waals surface area contributed by atoms with Crippen LogP contribution in [0.4, 0.5) is 0 Å². The first kappa shape index (κ1) is 32.2. The van der Waals surface area contributed by atoms with E-state index in [2.05, 4.69) is 161 Å². The highest BCUT2D eigenvalue weighted by Crippen LogP contribution is 2.47. The zero-order valence-corrected chi connectivity index (χ0v) is 31.0. The number of fused-ring (bicyclic) bond motifs is 9. The van der Waals surface area contributed by atoms with Gasteiger partial charge in [-0.3, -0.25) is 5.41 Å². The molecule has 0 atom stereocenters. The number of benzene rings is 8. The van der Waals surface area contributed by atoms with Crippen LogP contribution in [0.1, 0.15) is 11.1 Å². The molecule has 0 radical (unpaired) electrons. The van der Waals surface area contributed by atoms with Crippen molar-refractivity contribution in [2.45, 2.75) is 0 Å². The Morgan fingerprint density at radius 1 is 0.482 bits per heavy atom. The van der Waals surface area contributed by atoms with Crippen molar-refractivity contribution in [1.82, 2.24) is 9.13 Å². The number of aromatic nitrogens is 2. The summed E-state index contributed by atoms with van der Waals surface area (Å²) in [5.74, 6) is 0.391. The lowest BCUT2D eigenvalue weighted by Crippen LogP contribution is -2.19. The van der Waals surface area contributed by atoms with E-state index < -0.39 is 0 Å². The quantitative estimate of drug-likeness (QED) is 0.134. The van der Waals surface area contributed by atoms with E-state index in [4.69, 9.17) is 16.1 Å². The first-order valence-corrected chi connectivity index (χ1v) is 19.5. The van der Waals surface area contributed by atoms with Crippen molar-refractivity contribution >= 4 is 86.8 Å². The molecule has 11 aromatic rings. The summed E-state index contributed by atoms with van der Waals surface area (Å²) < 4.78 is 7.22. The summed E-state index contributed by atoms with van der Waals surface area (Å²) in [6, 6.07) is 63.7. The summed E-state index contributed by atoms with van der Waals surface area (Å²) in [6.07, 6.45) is 0. The van der Waals surface area contributed by atoms with E-state index in [1.165, 1.54) is 41.7 Å². The summed E-state index contributed by atoms with van der Waals surface area (Å²) in [6.45, 7) is 0. The molecule has 8 aromatic carbocycles. The lowest BCUT2D eigenvalue weighted by Gasteiger charge is -2.23. The third-order valence-corrected chi connectivity index (χ3v) is 12.2. The average Bonchev–Trinajstić information content (AvgIpc) is 3.91. The molecular weight excluding hydrogens is 703 g/mol. The van der Waals surface area contributed by atoms with Gasteiger partial charge in [-0.05, 0) is 42.5 Å². The number of hydrogen-bond acceptors (Lipinski definition) is 2. The van der Waals surface area contributed by atoms with E-state index in [1.54, 1.807) is 11.3 Å². The molecular formula is C50H33N5S. The second kappa shape index (κ2) is 12.7. The zero-order chi connectivity index (χ0) is 37.3. The second-order valence-electron chi connectivity index (χ2n) is 14.1. The average molecular weight is 736 g/mol. The fraction of sp³-hybridized carbons (Fsp3) is 0. The van der Waals surface area contributed by atoms with E-state index in [0.717, 1.165) is 50.1 Å². The van der Waals surface area contributed by atoms with Gasteiger partial charge in [-0.2, -0.15) is 0 Å². The molecule has 0 aliphatic rings. The number of nitrogens with zero attached hydrogens (tertiary/aromatic N) is 3. The van der Waals surface area contributed by atoms with Gasteiger partial charge in [0, 0.05) is 64.0 Å². The number of thiophene rings is 1. The van der Waals surface area contributed by atoms with Gasteiger partial charge < -0.3 is 14.9 Å². The van der Waals surface area contributed by atoms with Crippen molar-refractivity contribution in [3.8, 4) is 22.5 Å². The minimum Gasteiger partial charge on any atom is -0.383 e. The zero-order valence-electron chi connectivity index (χ0n) is 30.1. The molecule has 56 heavy (non-hydrogen) atoms. The van der Waals surface area contributed by atoms with E-state index in [1.807, 2.05) is 30.3 Å². The Morgan fingerprint density at radius 2 is 0.982 bits per heavy atom. The van der Waals surface area contributed by atoms with Gasteiger partial charge in [0.05, 0.1) is 33.4 Å². The third-order valence-electron chi connectivity index (χ3n) is 11.0. The monoisotopic (exact) mass is 735 g/mol. The molecule has 0 aliphatic carbocycles. The highest BCUT2D eigenvalue weighted by molar-refractivity contribution is 7.26. The summed E-state index contributed by atoms with van der Waals surface area (Å²) in [5, 5.41) is 16.2. The number of para-hydroxylation sites is 4. The normalized spacial score (nSPS) is 12.2. The summed E-state index contributed by atoms with van der Waals surface area (Å²) in [5.41, 5.74) is 17.1. The predicted octanol–water partition coefficient (Wildman–Crippen LogP) is 12.6. The fourth-order valence-electron chi connectivity index (χ4n) is 8.60. The SMILES string of the molecule is N=C(N=C(N)c1ccc(-n2c3ccccc3c3ccccc32)c(-n2c3ccccc3c3ccccc32)c1-c1cccc2c1sc1ccccc12)c1ccccc1. The minimum absolute atomic E-state index is 0.110. The molecule has 0 fully saturated rings. The summed E-state index contributed by atoms with van der Waals surface area (Å²) in [7, 11) is 0. The topological polar surface area (TPSA) is 72.1 Å². The highest BCUT2D eigenvalue weighted by Gasteiger charge is 2.27. The van der Waals surface area contributed by atoms with Crippen LogP contribution >= 0.6 is 11.3 Å². The number of nitrogens with one attached hydrogen (secondary N) is 1. The smallest absolute Gasteiger partial charge is 0.154 e. The lowest BCUT2D eigenvalue weighted by molar-refractivity contribution is 1.10. The van der Waals surface area contributed by atoms with Gasteiger partial charge in [0.15, 0.2) is 5.84 Å². The molecule has 6 heteroatoms. The van der Waals surface area contributed by atoms with Crippen molar-refractivity contribution in [1.29, 1.82) is 5.41 Å². The molecule has 0 amide bonds. The molecule has 264 valence electrons. The molecule has 0 bridgehead atoms. The van der Waals surface area contributed by atoms with Gasteiger partial charge in [0.2, 0.25) is 0 Å². The predicted molar refractivity (Wildman–Crippen MR) is 237 cm³/mol. The largest absolute Gasteiger partial charge is 0.383 e. The van der Waals surface area contributed by atoms with Crippen molar-refractivity contribution < 1.29 is 0 Å². The molecule has 3 heterocycles. The van der Waals surface area contributed by atoms with E-state index in [9.17, 15) is 0 Å². The summed E-state index contributed by atoms with van der Waals surface area (Å²) >= 11 is 1.80. The first-order valence-electron chi connectivity index (χ1n) is 18.7. The highest BCUT2D eigenvalue weighted by atomic mass is 32.1. The molecule has 5 nitrogen and oxygen atoms in total. The Kier molecular flexibility index (Phi) is 7.27. The number of hydrogen-bond donors (Lipinski definition) is 2. The van der Waals surface area contributed by atoms with Crippen molar-refractivity contribution in [2.75, 3.05) is 0 Å². The molecule has 3 N–H and O–H groups in total. The van der Waals surface area contributed by atoms with Crippen LogP contribution in [-0.2, 0) is 0 Å². The molecule has 3 aromatic heterocycles. The van der Waals surface area contributed by atoms with E-state index in [0.29, 0.717) is 5.56 Å². The maximum atomic E-state index is 9.06. The van der Waals surface area contributed by atoms with Gasteiger partial charge in [-0.1, -0.05) is 140 Å². The van der Waals surface area contributed by atoms with Crippen LogP contribution in [0, 0.1) is 5.41 Å². The van der Waals surface area contributed by atoms with Gasteiger partial charge >= 0.3 is 0 Å². The first-order chi connectivity index (χ1) is 27.7. The molecule has 0 unspecified atom stereocenters. The summed E-state index contributed by atoms with van der Waals surface area (Å²) in [4.78, 5) is 4.83. The Hall–Kier alpha value is -7.28. The van der Waals surface area contributed by atoms with Crippen LogP contribution in [0.5, 0.6) is 0 Å². The standard InChI is InChI=1S/C50H33N5S/c51-49(31-15-2-1-3-16-31)53-50(52)39-29-30-44(54-40-24-9-4-17-32(40)33-18-5-10-25-41(33)54)47(55-42-26-11-6-19-34(42)35-20-7-12-27-43(35)55)46(39)38-23-14-22-37-36-21-8-13-28-45(36)56-48(37)38/h1-30H,(H3,51,52,53). The van der Waals surface area contributed by atoms with Crippen LogP contribution in [-0.4, -0.2) is 20.8 Å². The third kappa shape index (κ3) is 4.79. The van der Waals surface area contributed by atoms with Crippen LogP contribution < -0.4 is 5.73 Å². The maximum absolute atomic E-state index is 9.06. The Balaban J connectivity index is 1.36. The molecule has 0 spiro atoms. The fourth-order valence-corrected chi connectivity index (χ4v) is 9.83. The molecule has 0 saturated carbocycles. The van der Waals surface area contributed by atoms with Gasteiger partial charge in [-0.25, -0.2) is 4.99 Å². The lowest BCUT2D eigenvalue weighted by atomic mass is 9.93. The number of aliphatic imine (C=N–C) groups is 1. The maximum Gasteiger partial charge on any atom is 0.154 e. The molecule has 0 saturated heterocycles. The van der Waals surface area contributed by atoms with Crippen molar-refractivity contribution in [3.05, 3.63) is 193 Å². The number of nitrogens with two attached hydrogens (primary N) is 1. The van der Waals surface area contributed by atoms with E-state index >= 15 is 0 Å². The Labute approximate surface area is 326 Å². The molecule has 0 aliphatic heterocycles. The van der Waals surface area contributed by atoms with Crippen LogP contribution in [0.2, 0.25) is 0 Å². The van der Waals surface area contributed by atoms with Crippen LogP contribution in [0.25, 0.3) is 86.3 Å². The van der Waals surface area contributed by atoms with E-state index in [-0.39, 0.29) is 11.7 Å². The van der Waals surface area contributed by atoms with Crippen molar-refractivity contribution in [3.63, 3.8) is 0 Å². The number of amidine groups is 2. The van der Waals surface area contributed by atoms with Gasteiger partial charge in [0.25, 0.3) is 0 Å². The minimum atomic E-state index is 0.110. The second-order valence-corrected chi connectivity index (χ2v) is 15.1. The van der Waals surface area contributed by atoms with Crippen LogP contribution in [0.15, 0.2) is 187 Å². The number of rotatable bonds is 5. The Bertz CT molecular complexity index is 3290. The molecule has 11 rings (SSSR count). The Morgan fingerprint density at radius 3 is 1.59 bits per heavy atom. The van der Waals surface area contributed by atoms with Crippen molar-refractivity contribution in [2.24, 2.45) is 10.7 Å².